The van der Waals surface area contributed by atoms with Crippen molar-refractivity contribution < 1.29 is 12.6 Å². The van der Waals surface area contributed by atoms with Crippen LogP contribution in [0.5, 0.6) is 5.75 Å². The molecule has 1 aromatic rings. The number of hydrogen-bond donors (Lipinski definition) is 0. The molecular weight excluding hydrogens is 303 g/mol. The average molecular weight is 312 g/mol. The largest absolute Gasteiger partial charge is 0.382 e. The zero-order chi connectivity index (χ0) is 9.90. The predicted octanol–water partition coefficient (Wildman–Crippen LogP) is 2.02. The van der Waals surface area contributed by atoms with Gasteiger partial charge < -0.3 is 4.18 Å². The third-order valence-corrected chi connectivity index (χ3v) is 3.26. The molecule has 72 valence electrons. The zero-order valence-corrected chi connectivity index (χ0v) is 10.0. The molecule has 1 rings (SSSR count). The van der Waals surface area contributed by atoms with Gasteiger partial charge in [-0.15, -0.1) is 0 Å². The first-order chi connectivity index (χ1) is 6.03. The van der Waals surface area contributed by atoms with Gasteiger partial charge in [0.2, 0.25) is 0 Å². The SMILES string of the molecule is CCS(=O)(=O)Oc1ccc(I)cc1. The molecule has 0 saturated heterocycles. The Labute approximate surface area is 91.4 Å². The monoisotopic (exact) mass is 312 g/mol. The van der Waals surface area contributed by atoms with Crippen LogP contribution in [0.2, 0.25) is 0 Å². The molecule has 1 aromatic carbocycles. The lowest BCUT2D eigenvalue weighted by Crippen LogP contribution is -2.11. The van der Waals surface area contributed by atoms with E-state index in [9.17, 15) is 8.42 Å². The van der Waals surface area contributed by atoms with Crippen LogP contribution >= 0.6 is 22.6 Å². The summed E-state index contributed by atoms with van der Waals surface area (Å²) in [6.45, 7) is 1.54. The number of halogens is 1. The minimum absolute atomic E-state index is 0.0149. The molecule has 0 aliphatic rings. The van der Waals surface area contributed by atoms with Gasteiger partial charge in [-0.1, -0.05) is 0 Å². The molecule has 0 bridgehead atoms. The fourth-order valence-corrected chi connectivity index (χ4v) is 1.58. The van der Waals surface area contributed by atoms with Gasteiger partial charge in [-0.25, -0.2) is 0 Å². The zero-order valence-electron chi connectivity index (χ0n) is 7.03. The molecule has 0 aliphatic heterocycles. The minimum Gasteiger partial charge on any atom is -0.382 e. The Morgan fingerprint density at radius 1 is 1.31 bits per heavy atom. The van der Waals surface area contributed by atoms with Crippen molar-refractivity contribution in [1.29, 1.82) is 0 Å². The topological polar surface area (TPSA) is 43.4 Å². The molecule has 0 saturated carbocycles. The summed E-state index contributed by atoms with van der Waals surface area (Å²) >= 11 is 2.14. The Morgan fingerprint density at radius 2 is 1.85 bits per heavy atom. The molecule has 0 aromatic heterocycles. The van der Waals surface area contributed by atoms with E-state index in [0.29, 0.717) is 5.75 Å². The Bertz CT molecular complexity index is 369. The Morgan fingerprint density at radius 3 is 2.31 bits per heavy atom. The Balaban J connectivity index is 2.82. The van der Waals surface area contributed by atoms with E-state index in [1.165, 1.54) is 0 Å². The first-order valence-electron chi connectivity index (χ1n) is 3.71. The van der Waals surface area contributed by atoms with Crippen LogP contribution in [0.15, 0.2) is 24.3 Å². The van der Waals surface area contributed by atoms with E-state index in [0.717, 1.165) is 3.57 Å². The van der Waals surface area contributed by atoms with Crippen LogP contribution in [-0.2, 0) is 10.1 Å². The normalized spacial score (nSPS) is 11.2. The first-order valence-corrected chi connectivity index (χ1v) is 6.37. The van der Waals surface area contributed by atoms with Gasteiger partial charge in [-0.05, 0) is 53.8 Å². The van der Waals surface area contributed by atoms with Crippen molar-refractivity contribution in [3.63, 3.8) is 0 Å². The van der Waals surface area contributed by atoms with Crippen LogP contribution in [0, 0.1) is 3.57 Å². The lowest BCUT2D eigenvalue weighted by Gasteiger charge is -2.03. The second kappa shape index (κ2) is 4.28. The lowest BCUT2D eigenvalue weighted by atomic mass is 10.3. The van der Waals surface area contributed by atoms with E-state index in [-0.39, 0.29) is 5.75 Å². The molecule has 13 heavy (non-hydrogen) atoms. The summed E-state index contributed by atoms with van der Waals surface area (Å²) in [4.78, 5) is 0. The van der Waals surface area contributed by atoms with Gasteiger partial charge in [0.05, 0.1) is 5.75 Å². The first kappa shape index (κ1) is 10.8. The third kappa shape index (κ3) is 3.51. The molecule has 0 amide bonds. The van der Waals surface area contributed by atoms with Crippen molar-refractivity contribution in [1.82, 2.24) is 0 Å². The quantitative estimate of drug-likeness (QED) is 0.633. The third-order valence-electron chi connectivity index (χ3n) is 1.39. The summed E-state index contributed by atoms with van der Waals surface area (Å²) in [7, 11) is -3.39. The highest BCUT2D eigenvalue weighted by Crippen LogP contribution is 2.15. The Kier molecular flexibility index (Phi) is 3.55. The van der Waals surface area contributed by atoms with Crippen molar-refractivity contribution in [3.05, 3.63) is 27.8 Å². The summed E-state index contributed by atoms with van der Waals surface area (Å²) in [5.41, 5.74) is 0. The highest BCUT2D eigenvalue weighted by Gasteiger charge is 2.08. The molecule has 0 aliphatic carbocycles. The molecule has 0 N–H and O–H groups in total. The van der Waals surface area contributed by atoms with Gasteiger partial charge in [0.25, 0.3) is 0 Å². The van der Waals surface area contributed by atoms with Crippen molar-refractivity contribution in [2.24, 2.45) is 0 Å². The van der Waals surface area contributed by atoms with E-state index in [2.05, 4.69) is 22.6 Å². The highest BCUT2D eigenvalue weighted by atomic mass is 127. The number of hydrogen-bond acceptors (Lipinski definition) is 3. The van der Waals surface area contributed by atoms with Gasteiger partial charge in [-0.3, -0.25) is 0 Å². The maximum Gasteiger partial charge on any atom is 0.308 e. The summed E-state index contributed by atoms with van der Waals surface area (Å²) in [5, 5.41) is 0. The fourth-order valence-electron chi connectivity index (χ4n) is 0.696. The van der Waals surface area contributed by atoms with E-state index >= 15 is 0 Å². The van der Waals surface area contributed by atoms with E-state index in [1.807, 2.05) is 0 Å². The van der Waals surface area contributed by atoms with Crippen molar-refractivity contribution in [3.8, 4) is 5.75 Å². The van der Waals surface area contributed by atoms with Crippen LogP contribution in [0.3, 0.4) is 0 Å². The lowest BCUT2D eigenvalue weighted by molar-refractivity contribution is 0.487. The Hall–Kier alpha value is -0.300. The number of rotatable bonds is 3. The smallest absolute Gasteiger partial charge is 0.308 e. The van der Waals surface area contributed by atoms with Crippen molar-refractivity contribution >= 4 is 32.7 Å². The average Bonchev–Trinajstić information content (AvgIpc) is 2.09. The van der Waals surface area contributed by atoms with Crippen LogP contribution in [0.4, 0.5) is 0 Å². The van der Waals surface area contributed by atoms with Gasteiger partial charge in [-0.2, -0.15) is 8.42 Å². The van der Waals surface area contributed by atoms with Crippen LogP contribution in [0.1, 0.15) is 6.92 Å². The minimum atomic E-state index is -3.39. The van der Waals surface area contributed by atoms with Crippen LogP contribution in [-0.4, -0.2) is 14.2 Å². The predicted molar refractivity (Wildman–Crippen MR) is 59.2 cm³/mol. The maximum absolute atomic E-state index is 11.0. The summed E-state index contributed by atoms with van der Waals surface area (Å²) in [6, 6.07) is 6.85. The molecule has 0 heterocycles. The molecule has 0 atom stereocenters. The van der Waals surface area contributed by atoms with E-state index in [1.54, 1.807) is 31.2 Å². The van der Waals surface area contributed by atoms with Gasteiger partial charge in [0.1, 0.15) is 5.75 Å². The van der Waals surface area contributed by atoms with E-state index < -0.39 is 10.1 Å². The molecule has 0 spiro atoms. The molecular formula is C8H9IO3S. The molecule has 0 radical (unpaired) electrons. The van der Waals surface area contributed by atoms with E-state index in [4.69, 9.17) is 4.18 Å². The fraction of sp³-hybridized carbons (Fsp3) is 0.250. The molecule has 5 heteroatoms. The second-order valence-corrected chi connectivity index (χ2v) is 5.49. The van der Waals surface area contributed by atoms with Crippen molar-refractivity contribution in [2.45, 2.75) is 6.92 Å². The highest BCUT2D eigenvalue weighted by molar-refractivity contribution is 14.1. The standard InChI is InChI=1S/C8H9IO3S/c1-2-13(10,11)12-8-5-3-7(9)4-6-8/h3-6H,2H2,1H3. The summed E-state index contributed by atoms with van der Waals surface area (Å²) in [6.07, 6.45) is 0. The van der Waals surface area contributed by atoms with Crippen molar-refractivity contribution in [2.75, 3.05) is 5.75 Å². The molecule has 0 fully saturated rings. The second-order valence-electron chi connectivity index (χ2n) is 2.38. The van der Waals surface area contributed by atoms with Crippen LogP contribution in [0.25, 0.3) is 0 Å². The number of benzene rings is 1. The summed E-state index contributed by atoms with van der Waals surface area (Å²) in [5.74, 6) is 0.348. The summed E-state index contributed by atoms with van der Waals surface area (Å²) < 4.78 is 27.9. The van der Waals surface area contributed by atoms with Crippen LogP contribution < -0.4 is 4.18 Å². The molecule has 0 unspecified atom stereocenters. The van der Waals surface area contributed by atoms with Gasteiger partial charge >= 0.3 is 10.1 Å². The van der Waals surface area contributed by atoms with Gasteiger partial charge in [0.15, 0.2) is 0 Å². The maximum atomic E-state index is 11.0. The molecule has 3 nitrogen and oxygen atoms in total. The van der Waals surface area contributed by atoms with Gasteiger partial charge in [0, 0.05) is 3.57 Å².